The molecule has 2 heteroatoms. The van der Waals surface area contributed by atoms with E-state index < -0.39 is 0 Å². The number of hydrogen-bond donors (Lipinski definition) is 1. The minimum atomic E-state index is 0.759. The van der Waals surface area contributed by atoms with Crippen LogP contribution in [0.15, 0.2) is 22.7 Å². The first-order valence-corrected chi connectivity index (χ1v) is 7.39. The Hall–Kier alpha value is -0.760. The minimum Gasteiger partial charge on any atom is -0.358 e. The van der Waals surface area contributed by atoms with Crippen LogP contribution in [-0.4, -0.2) is 4.98 Å². The van der Waals surface area contributed by atoms with Gasteiger partial charge in [-0.05, 0) is 55.4 Å². The van der Waals surface area contributed by atoms with E-state index in [2.05, 4.69) is 46.0 Å². The summed E-state index contributed by atoms with van der Waals surface area (Å²) in [6.45, 7) is 2.29. The van der Waals surface area contributed by atoms with Gasteiger partial charge in [0.1, 0.15) is 0 Å². The third-order valence-electron chi connectivity index (χ3n) is 3.93. The van der Waals surface area contributed by atoms with E-state index in [1.54, 1.807) is 5.56 Å². The fraction of sp³-hybridized carbons (Fsp3) is 0.467. The largest absolute Gasteiger partial charge is 0.358 e. The van der Waals surface area contributed by atoms with E-state index in [9.17, 15) is 0 Å². The number of nitrogens with one attached hydrogen (secondary N) is 1. The molecule has 0 radical (unpaired) electrons. The summed E-state index contributed by atoms with van der Waals surface area (Å²) in [6, 6.07) is 6.58. The SMILES string of the molecule is CCCC1CCCc2c1[nH]c1ccc(Br)cc21. The molecule has 1 aliphatic rings. The third-order valence-corrected chi connectivity index (χ3v) is 4.42. The lowest BCUT2D eigenvalue weighted by molar-refractivity contribution is 0.508. The van der Waals surface area contributed by atoms with E-state index in [1.165, 1.54) is 53.2 Å². The molecular weight excluding hydrogens is 274 g/mol. The van der Waals surface area contributed by atoms with Crippen LogP contribution in [0.5, 0.6) is 0 Å². The van der Waals surface area contributed by atoms with Gasteiger partial charge < -0.3 is 4.98 Å². The van der Waals surface area contributed by atoms with Gasteiger partial charge in [0.2, 0.25) is 0 Å². The smallest absolute Gasteiger partial charge is 0.0459 e. The number of fused-ring (bicyclic) bond motifs is 3. The van der Waals surface area contributed by atoms with Crippen molar-refractivity contribution in [3.63, 3.8) is 0 Å². The zero-order chi connectivity index (χ0) is 11.8. The molecule has 2 aromatic rings. The maximum Gasteiger partial charge on any atom is 0.0459 e. The molecule has 0 aliphatic heterocycles. The third kappa shape index (κ3) is 1.93. The molecule has 1 nitrogen and oxygen atoms in total. The Morgan fingerprint density at radius 3 is 3.12 bits per heavy atom. The molecule has 0 spiro atoms. The van der Waals surface area contributed by atoms with Crippen LogP contribution in [0, 0.1) is 0 Å². The van der Waals surface area contributed by atoms with Gasteiger partial charge in [0, 0.05) is 21.1 Å². The van der Waals surface area contributed by atoms with E-state index in [0.717, 1.165) is 5.92 Å². The van der Waals surface area contributed by atoms with Crippen molar-refractivity contribution in [1.82, 2.24) is 4.98 Å². The molecule has 90 valence electrons. The first kappa shape index (κ1) is 11.3. The van der Waals surface area contributed by atoms with E-state index in [1.807, 2.05) is 0 Å². The minimum absolute atomic E-state index is 0.759. The van der Waals surface area contributed by atoms with Crippen LogP contribution in [-0.2, 0) is 6.42 Å². The number of hydrogen-bond acceptors (Lipinski definition) is 0. The van der Waals surface area contributed by atoms with Gasteiger partial charge in [-0.3, -0.25) is 0 Å². The lowest BCUT2D eigenvalue weighted by Crippen LogP contribution is -2.08. The molecule has 1 atom stereocenters. The van der Waals surface area contributed by atoms with Gasteiger partial charge in [0.05, 0.1) is 0 Å². The Balaban J connectivity index is 2.15. The van der Waals surface area contributed by atoms with Crippen LogP contribution in [0.25, 0.3) is 10.9 Å². The molecule has 1 aromatic heterocycles. The zero-order valence-corrected chi connectivity index (χ0v) is 11.8. The normalized spacial score (nSPS) is 19.5. The molecule has 1 unspecified atom stereocenters. The van der Waals surface area contributed by atoms with Crippen LogP contribution in [0.2, 0.25) is 0 Å². The first-order chi connectivity index (χ1) is 8.29. The van der Waals surface area contributed by atoms with Crippen LogP contribution >= 0.6 is 15.9 Å². The maximum atomic E-state index is 3.66. The highest BCUT2D eigenvalue weighted by Gasteiger charge is 2.23. The van der Waals surface area contributed by atoms with Gasteiger partial charge in [-0.15, -0.1) is 0 Å². The maximum absolute atomic E-state index is 3.66. The molecular formula is C15H18BrN. The number of benzene rings is 1. The highest BCUT2D eigenvalue weighted by Crippen LogP contribution is 2.38. The van der Waals surface area contributed by atoms with Gasteiger partial charge in [0.25, 0.3) is 0 Å². The van der Waals surface area contributed by atoms with Gasteiger partial charge in [-0.2, -0.15) is 0 Å². The molecule has 17 heavy (non-hydrogen) atoms. The van der Waals surface area contributed by atoms with Crippen molar-refractivity contribution in [1.29, 1.82) is 0 Å². The van der Waals surface area contributed by atoms with Crippen molar-refractivity contribution in [2.45, 2.75) is 44.9 Å². The Morgan fingerprint density at radius 2 is 2.29 bits per heavy atom. The molecule has 0 amide bonds. The molecule has 0 saturated heterocycles. The second kappa shape index (κ2) is 4.49. The van der Waals surface area contributed by atoms with E-state index in [-0.39, 0.29) is 0 Å². The van der Waals surface area contributed by atoms with Gasteiger partial charge in [-0.25, -0.2) is 0 Å². The highest BCUT2D eigenvalue weighted by atomic mass is 79.9. The average molecular weight is 292 g/mol. The predicted molar refractivity (Wildman–Crippen MR) is 76.6 cm³/mol. The molecule has 1 aromatic carbocycles. The fourth-order valence-corrected chi connectivity index (χ4v) is 3.53. The van der Waals surface area contributed by atoms with E-state index in [0.29, 0.717) is 0 Å². The number of halogens is 1. The topological polar surface area (TPSA) is 15.8 Å². The summed E-state index contributed by atoms with van der Waals surface area (Å²) in [5, 5.41) is 1.43. The standard InChI is InChI=1S/C15H18BrN/c1-2-4-10-5-3-6-12-13-9-11(16)7-8-14(13)17-15(10)12/h7-10,17H,2-6H2,1H3. The summed E-state index contributed by atoms with van der Waals surface area (Å²) < 4.78 is 1.18. The fourth-order valence-electron chi connectivity index (χ4n) is 3.17. The second-order valence-electron chi connectivity index (χ2n) is 5.08. The quantitative estimate of drug-likeness (QED) is 0.787. The summed E-state index contributed by atoms with van der Waals surface area (Å²) in [5.41, 5.74) is 4.40. The summed E-state index contributed by atoms with van der Waals surface area (Å²) in [5.74, 6) is 0.759. The molecule has 1 heterocycles. The van der Waals surface area contributed by atoms with Crippen molar-refractivity contribution in [3.05, 3.63) is 33.9 Å². The summed E-state index contributed by atoms with van der Waals surface area (Å²) in [6.07, 6.45) is 6.54. The Morgan fingerprint density at radius 1 is 1.41 bits per heavy atom. The molecule has 0 saturated carbocycles. The van der Waals surface area contributed by atoms with Crippen molar-refractivity contribution < 1.29 is 0 Å². The molecule has 1 aliphatic carbocycles. The lowest BCUT2D eigenvalue weighted by atomic mass is 9.84. The second-order valence-corrected chi connectivity index (χ2v) is 6.00. The monoisotopic (exact) mass is 291 g/mol. The zero-order valence-electron chi connectivity index (χ0n) is 10.2. The van der Waals surface area contributed by atoms with Crippen molar-refractivity contribution in [2.24, 2.45) is 0 Å². The Kier molecular flexibility index (Phi) is 2.99. The van der Waals surface area contributed by atoms with E-state index >= 15 is 0 Å². The van der Waals surface area contributed by atoms with Gasteiger partial charge in [0.15, 0.2) is 0 Å². The molecule has 0 bridgehead atoms. The number of rotatable bonds is 2. The van der Waals surface area contributed by atoms with Crippen LogP contribution < -0.4 is 0 Å². The summed E-state index contributed by atoms with van der Waals surface area (Å²) in [4.78, 5) is 3.66. The van der Waals surface area contributed by atoms with Crippen LogP contribution in [0.1, 0.15) is 49.8 Å². The van der Waals surface area contributed by atoms with Crippen molar-refractivity contribution >= 4 is 26.8 Å². The van der Waals surface area contributed by atoms with Gasteiger partial charge >= 0.3 is 0 Å². The predicted octanol–water partition coefficient (Wildman–Crippen LogP) is 5.15. The Labute approximate surface area is 111 Å². The number of H-pyrrole nitrogens is 1. The lowest BCUT2D eigenvalue weighted by Gasteiger charge is -2.22. The number of aromatic amines is 1. The van der Waals surface area contributed by atoms with Crippen molar-refractivity contribution in [2.75, 3.05) is 0 Å². The summed E-state index contributed by atoms with van der Waals surface area (Å²) >= 11 is 3.58. The highest BCUT2D eigenvalue weighted by molar-refractivity contribution is 9.10. The molecule has 1 N–H and O–H groups in total. The number of aromatic nitrogens is 1. The first-order valence-electron chi connectivity index (χ1n) is 6.59. The van der Waals surface area contributed by atoms with Crippen LogP contribution in [0.4, 0.5) is 0 Å². The Bertz CT molecular complexity index is 541. The summed E-state index contributed by atoms with van der Waals surface area (Å²) in [7, 11) is 0. The average Bonchev–Trinajstić information content (AvgIpc) is 2.69. The number of aryl methyl sites for hydroxylation is 1. The molecule has 0 fully saturated rings. The van der Waals surface area contributed by atoms with Crippen molar-refractivity contribution in [3.8, 4) is 0 Å². The molecule has 3 rings (SSSR count). The van der Waals surface area contributed by atoms with E-state index in [4.69, 9.17) is 0 Å². The van der Waals surface area contributed by atoms with Crippen LogP contribution in [0.3, 0.4) is 0 Å². The van der Waals surface area contributed by atoms with Gasteiger partial charge in [-0.1, -0.05) is 29.3 Å².